The molecule has 2 aromatic carbocycles. The highest BCUT2D eigenvalue weighted by Crippen LogP contribution is 2.37. The summed E-state index contributed by atoms with van der Waals surface area (Å²) in [5.41, 5.74) is 0.0646. The summed E-state index contributed by atoms with van der Waals surface area (Å²) in [6.07, 6.45) is 0. The molecule has 2 aliphatic rings. The molecule has 4 aromatic rings. The maximum atomic E-state index is 12.6. The molecule has 12 nitrogen and oxygen atoms in total. The van der Waals surface area contributed by atoms with Gasteiger partial charge in [0.2, 0.25) is 13.6 Å². The zero-order chi connectivity index (χ0) is 26.9. The van der Waals surface area contributed by atoms with Gasteiger partial charge >= 0.3 is 0 Å². The Balaban J connectivity index is 1.25. The van der Waals surface area contributed by atoms with Gasteiger partial charge in [-0.2, -0.15) is 10.5 Å². The fraction of sp³-hybridized carbons (Fsp3) is 0.120. The van der Waals surface area contributed by atoms with Crippen LogP contribution in [0.3, 0.4) is 0 Å². The number of hydrogen-bond donors (Lipinski definition) is 2. The third-order valence-corrected chi connectivity index (χ3v) is 7.58. The summed E-state index contributed by atoms with van der Waals surface area (Å²) in [6, 6.07) is 13.9. The summed E-state index contributed by atoms with van der Waals surface area (Å²) in [6.45, 7) is 0.180. The van der Waals surface area contributed by atoms with E-state index in [4.69, 9.17) is 18.9 Å². The molecule has 0 aliphatic carbocycles. The molecule has 2 aliphatic heterocycles. The van der Waals surface area contributed by atoms with E-state index in [1.54, 1.807) is 36.4 Å². The molecule has 0 radical (unpaired) electrons. The number of hydrogen-bond acceptors (Lipinski definition) is 12. The van der Waals surface area contributed by atoms with Crippen LogP contribution in [0.4, 0.5) is 0 Å². The Bertz CT molecular complexity index is 1710. The normalized spacial score (nSPS) is 12.7. The Morgan fingerprint density at radius 2 is 1.15 bits per heavy atom. The predicted octanol–water partition coefficient (Wildman–Crippen LogP) is 3.23. The molecule has 39 heavy (non-hydrogen) atoms. The lowest BCUT2D eigenvalue weighted by Gasteiger charge is -2.08. The second-order valence-corrected chi connectivity index (χ2v) is 10.2. The van der Waals surface area contributed by atoms with Crippen molar-refractivity contribution in [1.82, 2.24) is 19.9 Å². The number of aromatic amines is 2. The second kappa shape index (κ2) is 10.1. The van der Waals surface area contributed by atoms with Gasteiger partial charge in [-0.15, -0.1) is 0 Å². The van der Waals surface area contributed by atoms with Crippen molar-refractivity contribution in [2.75, 3.05) is 18.7 Å². The van der Waals surface area contributed by atoms with Crippen molar-refractivity contribution in [3.05, 3.63) is 68.2 Å². The van der Waals surface area contributed by atoms with E-state index in [1.807, 2.05) is 12.1 Å². The fourth-order valence-corrected chi connectivity index (χ4v) is 5.67. The van der Waals surface area contributed by atoms with E-state index in [1.165, 1.54) is 23.5 Å². The fourth-order valence-electron chi connectivity index (χ4n) is 3.90. The van der Waals surface area contributed by atoms with Crippen molar-refractivity contribution in [2.45, 2.75) is 10.3 Å². The van der Waals surface area contributed by atoms with Gasteiger partial charge in [0.1, 0.15) is 23.3 Å². The molecule has 6 rings (SSSR count). The minimum atomic E-state index is -0.581. The third kappa shape index (κ3) is 4.63. The zero-order valence-corrected chi connectivity index (χ0v) is 21.3. The van der Waals surface area contributed by atoms with Gasteiger partial charge in [0.25, 0.3) is 11.1 Å². The van der Waals surface area contributed by atoms with Crippen LogP contribution in [0.1, 0.15) is 11.1 Å². The number of nitrogens with zero attached hydrogens (tertiary/aromatic N) is 4. The maximum absolute atomic E-state index is 12.6. The van der Waals surface area contributed by atoms with E-state index in [0.717, 1.165) is 0 Å². The van der Waals surface area contributed by atoms with Crippen LogP contribution >= 0.6 is 23.5 Å². The van der Waals surface area contributed by atoms with E-state index in [9.17, 15) is 20.1 Å². The minimum absolute atomic E-state index is 0.0902. The van der Waals surface area contributed by atoms with E-state index in [2.05, 4.69) is 19.9 Å². The lowest BCUT2D eigenvalue weighted by Crippen LogP contribution is -2.15. The SMILES string of the molecule is N#Cc1c(-c2ccc3c(c2)OCO3)nc(SCSc2nc(-c3ccc4c(c3)OCO4)c(C#N)c(=O)[nH]2)[nH]c1=O. The molecular weight excluding hydrogens is 544 g/mol. The van der Waals surface area contributed by atoms with Gasteiger partial charge in [-0.05, 0) is 36.4 Å². The van der Waals surface area contributed by atoms with Crippen molar-refractivity contribution in [3.8, 4) is 57.7 Å². The first kappa shape index (κ1) is 24.4. The van der Waals surface area contributed by atoms with E-state index >= 15 is 0 Å². The first-order valence-corrected chi connectivity index (χ1v) is 13.2. The standard InChI is InChI=1S/C25H14N6O6S2/c26-7-14-20(12-1-3-16-18(5-12)36-9-34-16)28-24(30-22(14)32)38-11-39-25-29-21(15(8-27)23(33)31-25)13-2-4-17-19(6-13)37-10-35-17/h1-6H,9-11H2,(H,28,30,32)(H,29,31,33). The molecular formula is C25H14N6O6S2. The van der Waals surface area contributed by atoms with Gasteiger partial charge in [0, 0.05) is 11.1 Å². The number of aromatic nitrogens is 4. The minimum Gasteiger partial charge on any atom is -0.454 e. The third-order valence-electron chi connectivity index (χ3n) is 5.70. The summed E-state index contributed by atoms with van der Waals surface area (Å²) < 4.78 is 21.5. The number of benzene rings is 2. The zero-order valence-electron chi connectivity index (χ0n) is 19.6. The van der Waals surface area contributed by atoms with Crippen LogP contribution in [0.15, 0.2) is 56.3 Å². The molecule has 192 valence electrons. The Morgan fingerprint density at radius 3 is 1.59 bits per heavy atom. The first-order chi connectivity index (χ1) is 19.0. The molecule has 2 aromatic heterocycles. The van der Waals surface area contributed by atoms with Crippen LogP contribution in [-0.2, 0) is 0 Å². The number of nitrogens with one attached hydrogen (secondary N) is 2. The molecule has 14 heteroatoms. The van der Waals surface area contributed by atoms with Gasteiger partial charge < -0.3 is 28.9 Å². The highest BCUT2D eigenvalue weighted by atomic mass is 32.2. The van der Waals surface area contributed by atoms with Crippen molar-refractivity contribution in [1.29, 1.82) is 10.5 Å². The lowest BCUT2D eigenvalue weighted by molar-refractivity contribution is 0.173. The van der Waals surface area contributed by atoms with E-state index in [0.29, 0.717) is 39.2 Å². The summed E-state index contributed by atoms with van der Waals surface area (Å²) in [7, 11) is 0. The topological polar surface area (TPSA) is 176 Å². The predicted molar refractivity (Wildman–Crippen MR) is 139 cm³/mol. The largest absolute Gasteiger partial charge is 0.454 e. The van der Waals surface area contributed by atoms with Gasteiger partial charge in [0.05, 0.1) is 16.5 Å². The molecule has 0 fully saturated rings. The Morgan fingerprint density at radius 1 is 0.718 bits per heavy atom. The number of thioether (sulfide) groups is 2. The van der Waals surface area contributed by atoms with Gasteiger partial charge in [-0.25, -0.2) is 9.97 Å². The molecule has 0 saturated carbocycles. The summed E-state index contributed by atoms with van der Waals surface area (Å²) in [5, 5.41) is 19.9. The summed E-state index contributed by atoms with van der Waals surface area (Å²) in [4.78, 5) is 39.4. The van der Waals surface area contributed by atoms with E-state index < -0.39 is 11.1 Å². The Hall–Kier alpha value is -4.92. The number of ether oxygens (including phenoxy) is 4. The molecule has 0 unspecified atom stereocenters. The van der Waals surface area contributed by atoms with Crippen LogP contribution in [0, 0.1) is 22.7 Å². The quantitative estimate of drug-likeness (QED) is 0.201. The van der Waals surface area contributed by atoms with Crippen LogP contribution < -0.4 is 30.1 Å². The molecule has 0 saturated heterocycles. The van der Waals surface area contributed by atoms with E-state index in [-0.39, 0.29) is 46.4 Å². The number of nitriles is 2. The molecule has 4 heterocycles. The second-order valence-electron chi connectivity index (χ2n) is 7.96. The number of fused-ring (bicyclic) bond motifs is 2. The van der Waals surface area contributed by atoms with Crippen LogP contribution in [-0.4, -0.2) is 38.6 Å². The molecule has 0 atom stereocenters. The van der Waals surface area contributed by atoms with Crippen LogP contribution in [0.2, 0.25) is 0 Å². The van der Waals surface area contributed by atoms with Crippen LogP contribution in [0.25, 0.3) is 22.5 Å². The summed E-state index contributed by atoms with van der Waals surface area (Å²) >= 11 is 2.37. The molecule has 0 amide bonds. The highest BCUT2D eigenvalue weighted by molar-refractivity contribution is 8.15. The number of H-pyrrole nitrogens is 2. The van der Waals surface area contributed by atoms with Gasteiger partial charge in [0.15, 0.2) is 33.3 Å². The number of rotatable bonds is 6. The van der Waals surface area contributed by atoms with Crippen LogP contribution in [0.5, 0.6) is 23.0 Å². The molecule has 0 bridgehead atoms. The van der Waals surface area contributed by atoms with Gasteiger partial charge in [-0.1, -0.05) is 23.5 Å². The van der Waals surface area contributed by atoms with Crippen molar-refractivity contribution in [2.24, 2.45) is 0 Å². The molecule has 0 spiro atoms. The summed E-state index contributed by atoms with van der Waals surface area (Å²) in [5.74, 6) is 2.13. The monoisotopic (exact) mass is 558 g/mol. The average Bonchev–Trinajstić information content (AvgIpc) is 3.61. The smallest absolute Gasteiger partial charge is 0.270 e. The van der Waals surface area contributed by atoms with Gasteiger partial charge in [-0.3, -0.25) is 9.59 Å². The molecule has 2 N–H and O–H groups in total. The Kier molecular flexibility index (Phi) is 6.32. The van der Waals surface area contributed by atoms with Crippen molar-refractivity contribution in [3.63, 3.8) is 0 Å². The maximum Gasteiger partial charge on any atom is 0.270 e. The Labute approximate surface area is 227 Å². The average molecular weight is 559 g/mol. The van der Waals surface area contributed by atoms with Crippen molar-refractivity contribution >= 4 is 23.5 Å². The highest BCUT2D eigenvalue weighted by Gasteiger charge is 2.20. The lowest BCUT2D eigenvalue weighted by atomic mass is 10.1. The first-order valence-electron chi connectivity index (χ1n) is 11.2. The van der Waals surface area contributed by atoms with Crippen molar-refractivity contribution < 1.29 is 18.9 Å².